The van der Waals surface area contributed by atoms with Gasteiger partial charge in [-0.2, -0.15) is 0 Å². The van der Waals surface area contributed by atoms with E-state index < -0.39 is 0 Å². The molecule has 3 heterocycles. The van der Waals surface area contributed by atoms with Crippen LogP contribution in [0.3, 0.4) is 0 Å². The maximum absolute atomic E-state index is 5.59. The number of pyridine rings is 1. The zero-order valence-electron chi connectivity index (χ0n) is 18.0. The van der Waals surface area contributed by atoms with Crippen LogP contribution < -0.4 is 10.1 Å². The topological polar surface area (TPSA) is 64.9 Å². The summed E-state index contributed by atoms with van der Waals surface area (Å²) in [7, 11) is 3.64. The average Bonchev–Trinajstić information content (AvgIpc) is 3.00. The highest BCUT2D eigenvalue weighted by molar-refractivity contribution is 5.81. The monoisotopic (exact) mass is 381 g/mol. The summed E-state index contributed by atoms with van der Waals surface area (Å²) >= 11 is 0. The van der Waals surface area contributed by atoms with E-state index in [1.165, 1.54) is 0 Å². The fourth-order valence-corrected chi connectivity index (χ4v) is 3.60. The Morgan fingerprint density at radius 2 is 1.89 bits per heavy atom. The van der Waals surface area contributed by atoms with Crippen molar-refractivity contribution in [1.29, 1.82) is 0 Å². The summed E-state index contributed by atoms with van der Waals surface area (Å²) in [5, 5.41) is 3.28. The van der Waals surface area contributed by atoms with E-state index in [0.717, 1.165) is 52.3 Å². The van der Waals surface area contributed by atoms with E-state index in [9.17, 15) is 0 Å². The smallest absolute Gasteiger partial charge is 0.222 e. The van der Waals surface area contributed by atoms with Gasteiger partial charge >= 0.3 is 0 Å². The molecule has 1 atom stereocenters. The predicted molar refractivity (Wildman–Crippen MR) is 114 cm³/mol. The molecule has 6 nitrogen and oxygen atoms in total. The summed E-state index contributed by atoms with van der Waals surface area (Å²) < 4.78 is 7.84. The van der Waals surface area contributed by atoms with Crippen molar-refractivity contribution in [3.05, 3.63) is 35.3 Å². The number of methoxy groups -OCH3 is 1. The number of nitrogens with zero attached hydrogens (tertiary/aromatic N) is 4. The van der Waals surface area contributed by atoms with Crippen LogP contribution in [-0.2, 0) is 0 Å². The first-order valence-electron chi connectivity index (χ1n) is 9.96. The second-order valence-electron chi connectivity index (χ2n) is 7.62. The molecule has 0 aliphatic rings. The lowest BCUT2D eigenvalue weighted by Crippen LogP contribution is -2.21. The molecule has 6 heteroatoms. The van der Waals surface area contributed by atoms with Crippen molar-refractivity contribution < 1.29 is 4.74 Å². The third kappa shape index (κ3) is 3.61. The number of ether oxygens (including phenoxy) is 1. The van der Waals surface area contributed by atoms with Gasteiger partial charge in [0.15, 0.2) is 5.65 Å². The maximum Gasteiger partial charge on any atom is 0.222 e. The Balaban J connectivity index is 2.17. The van der Waals surface area contributed by atoms with Gasteiger partial charge in [-0.05, 0) is 50.9 Å². The number of likely N-dealkylation sites (N-methyl/N-ethyl adjacent to an activating group) is 1. The maximum atomic E-state index is 5.59. The Bertz CT molecular complexity index is 977. The van der Waals surface area contributed by atoms with E-state index in [4.69, 9.17) is 14.7 Å². The van der Waals surface area contributed by atoms with Crippen molar-refractivity contribution >= 4 is 11.2 Å². The number of fused-ring (bicyclic) bond motifs is 1. The van der Waals surface area contributed by atoms with Crippen LogP contribution >= 0.6 is 0 Å². The molecule has 28 heavy (non-hydrogen) atoms. The van der Waals surface area contributed by atoms with E-state index in [-0.39, 0.29) is 0 Å². The summed E-state index contributed by atoms with van der Waals surface area (Å²) in [5.41, 5.74) is 6.60. The number of hydrogen-bond donors (Lipinski definition) is 1. The zero-order valence-corrected chi connectivity index (χ0v) is 18.0. The van der Waals surface area contributed by atoms with Gasteiger partial charge < -0.3 is 14.6 Å². The Morgan fingerprint density at radius 1 is 1.14 bits per heavy atom. The predicted octanol–water partition coefficient (Wildman–Crippen LogP) is 4.41. The largest absolute Gasteiger partial charge is 0.480 e. The van der Waals surface area contributed by atoms with E-state index in [1.807, 2.05) is 26.1 Å². The summed E-state index contributed by atoms with van der Waals surface area (Å²) in [5.74, 6) is 0.939. The Morgan fingerprint density at radius 3 is 2.50 bits per heavy atom. The summed E-state index contributed by atoms with van der Waals surface area (Å²) in [6.45, 7) is 11.4. The Hall–Kier alpha value is -2.47. The average molecular weight is 382 g/mol. The molecule has 0 aliphatic carbocycles. The first-order chi connectivity index (χ1) is 13.4. The molecule has 0 radical (unpaired) electrons. The van der Waals surface area contributed by atoms with Crippen LogP contribution in [0.4, 0.5) is 0 Å². The second-order valence-corrected chi connectivity index (χ2v) is 7.62. The van der Waals surface area contributed by atoms with Crippen LogP contribution in [0.1, 0.15) is 56.1 Å². The van der Waals surface area contributed by atoms with Crippen LogP contribution in [0.15, 0.2) is 18.3 Å². The van der Waals surface area contributed by atoms with Gasteiger partial charge in [0.05, 0.1) is 24.1 Å². The molecule has 0 saturated carbocycles. The van der Waals surface area contributed by atoms with Crippen LogP contribution in [0.2, 0.25) is 0 Å². The van der Waals surface area contributed by atoms with Crippen molar-refractivity contribution in [3.63, 3.8) is 0 Å². The summed E-state index contributed by atoms with van der Waals surface area (Å²) in [6, 6.07) is 4.44. The summed E-state index contributed by atoms with van der Waals surface area (Å²) in [4.78, 5) is 14.6. The van der Waals surface area contributed by atoms with E-state index in [1.54, 1.807) is 7.11 Å². The van der Waals surface area contributed by atoms with Gasteiger partial charge in [0.25, 0.3) is 0 Å². The quantitative estimate of drug-likeness (QED) is 0.657. The van der Waals surface area contributed by atoms with Crippen molar-refractivity contribution in [2.45, 2.75) is 53.0 Å². The molecule has 1 N–H and O–H groups in total. The number of nitrogens with one attached hydrogen (secondary N) is 1. The van der Waals surface area contributed by atoms with Crippen molar-refractivity contribution in [2.24, 2.45) is 0 Å². The molecule has 3 aromatic heterocycles. The highest BCUT2D eigenvalue weighted by Crippen LogP contribution is 2.33. The zero-order chi connectivity index (χ0) is 20.4. The second kappa shape index (κ2) is 8.27. The minimum Gasteiger partial charge on any atom is -0.480 e. The number of hydrogen-bond acceptors (Lipinski definition) is 5. The van der Waals surface area contributed by atoms with Gasteiger partial charge in [-0.25, -0.2) is 15.0 Å². The van der Waals surface area contributed by atoms with Gasteiger partial charge in [-0.15, -0.1) is 0 Å². The first-order valence-corrected chi connectivity index (χ1v) is 9.96. The number of aryl methyl sites for hydroxylation is 2. The first kappa shape index (κ1) is 20.3. The lowest BCUT2D eigenvalue weighted by atomic mass is 10.1. The molecule has 0 aromatic carbocycles. The van der Waals surface area contributed by atoms with Crippen molar-refractivity contribution in [2.75, 3.05) is 20.7 Å². The van der Waals surface area contributed by atoms with Gasteiger partial charge in [-0.1, -0.05) is 20.8 Å². The molecule has 0 bridgehead atoms. The highest BCUT2D eigenvalue weighted by atomic mass is 16.5. The molecule has 0 amide bonds. The molecular formula is C22H31N5O. The lowest BCUT2D eigenvalue weighted by Gasteiger charge is -2.18. The highest BCUT2D eigenvalue weighted by Gasteiger charge is 2.20. The van der Waals surface area contributed by atoms with Crippen molar-refractivity contribution in [3.8, 4) is 17.1 Å². The summed E-state index contributed by atoms with van der Waals surface area (Å²) in [6.07, 6.45) is 3.19. The van der Waals surface area contributed by atoms with Gasteiger partial charge in [0.1, 0.15) is 5.52 Å². The fourth-order valence-electron chi connectivity index (χ4n) is 3.60. The SMILES string of the molecule is CC[C@@H](CNC)n1cc(C)c2nc(-c3ccc(C(C)C)nc3OC)c(C)nc21. The lowest BCUT2D eigenvalue weighted by molar-refractivity contribution is 0.397. The van der Waals surface area contributed by atoms with E-state index >= 15 is 0 Å². The third-order valence-corrected chi connectivity index (χ3v) is 5.23. The molecule has 0 unspecified atom stereocenters. The number of rotatable bonds is 7. The molecule has 0 fully saturated rings. The van der Waals surface area contributed by atoms with E-state index in [2.05, 4.69) is 48.8 Å². The van der Waals surface area contributed by atoms with Gasteiger partial charge in [-0.3, -0.25) is 0 Å². The molecule has 3 aromatic rings. The van der Waals surface area contributed by atoms with E-state index in [0.29, 0.717) is 17.8 Å². The standard InChI is InChI=1S/C22H31N5O/c1-8-16(11-23-6)27-12-14(4)19-21(27)24-15(5)20(26-19)17-9-10-18(13(2)3)25-22(17)28-7/h9-10,12-13,16,23H,8,11H2,1-7H3/t16-/m0/s1. The molecule has 150 valence electrons. The van der Waals surface area contributed by atoms with Crippen molar-refractivity contribution in [1.82, 2.24) is 24.8 Å². The molecular weight excluding hydrogens is 350 g/mol. The fraction of sp³-hybridized carbons (Fsp3) is 0.500. The Labute approximate surface area is 167 Å². The van der Waals surface area contributed by atoms with Gasteiger partial charge in [0.2, 0.25) is 5.88 Å². The van der Waals surface area contributed by atoms with Gasteiger partial charge in [0, 0.05) is 24.5 Å². The minimum absolute atomic E-state index is 0.340. The molecule has 0 aliphatic heterocycles. The normalized spacial score (nSPS) is 12.7. The van der Waals surface area contributed by atoms with Crippen LogP contribution in [0, 0.1) is 13.8 Å². The molecule has 0 spiro atoms. The molecule has 3 rings (SSSR count). The van der Waals surface area contributed by atoms with Crippen LogP contribution in [0.5, 0.6) is 5.88 Å². The number of aromatic nitrogens is 4. The van der Waals surface area contributed by atoms with Crippen LogP contribution in [-0.4, -0.2) is 40.2 Å². The Kier molecular flexibility index (Phi) is 5.98. The third-order valence-electron chi connectivity index (χ3n) is 5.23. The minimum atomic E-state index is 0.340. The van der Waals surface area contributed by atoms with Crippen LogP contribution in [0.25, 0.3) is 22.4 Å². The molecule has 0 saturated heterocycles.